The molecule has 6 nitrogen and oxygen atoms in total. The van der Waals surface area contributed by atoms with Gasteiger partial charge in [0, 0.05) is 19.6 Å². The second kappa shape index (κ2) is 8.74. The highest BCUT2D eigenvalue weighted by atomic mass is 16.5. The van der Waals surface area contributed by atoms with Gasteiger partial charge in [0.15, 0.2) is 18.1 Å². The van der Waals surface area contributed by atoms with E-state index in [0.29, 0.717) is 17.5 Å². The minimum Gasteiger partial charge on any atom is -0.493 e. The van der Waals surface area contributed by atoms with Crippen molar-refractivity contribution < 1.29 is 19.4 Å². The average Bonchev–Trinajstić information content (AvgIpc) is 2.59. The van der Waals surface area contributed by atoms with Gasteiger partial charge in [0.1, 0.15) is 0 Å². The van der Waals surface area contributed by atoms with E-state index in [1.54, 1.807) is 14.2 Å². The molecule has 3 N–H and O–H groups in total. The van der Waals surface area contributed by atoms with Gasteiger partial charge < -0.3 is 25.2 Å². The van der Waals surface area contributed by atoms with Crippen LogP contribution in [0.4, 0.5) is 0 Å². The number of aliphatic hydroxyl groups excluding tert-OH is 1. The Labute approximate surface area is 137 Å². The van der Waals surface area contributed by atoms with Gasteiger partial charge in [-0.05, 0) is 43.4 Å². The SMILES string of the molecule is CNC(=O)COc1ccc(CNC2CCC(O)CC2)cc1OC. The zero-order chi connectivity index (χ0) is 16.7. The number of ether oxygens (including phenoxy) is 2. The Morgan fingerprint density at radius 2 is 2.00 bits per heavy atom. The van der Waals surface area contributed by atoms with Gasteiger partial charge in [-0.1, -0.05) is 6.07 Å². The van der Waals surface area contributed by atoms with Crippen LogP contribution >= 0.6 is 0 Å². The third-order valence-electron chi connectivity index (χ3n) is 4.16. The summed E-state index contributed by atoms with van der Waals surface area (Å²) in [4.78, 5) is 11.2. The van der Waals surface area contributed by atoms with Crippen LogP contribution < -0.4 is 20.1 Å². The van der Waals surface area contributed by atoms with Gasteiger partial charge >= 0.3 is 0 Å². The molecule has 1 aromatic rings. The monoisotopic (exact) mass is 322 g/mol. The molecule has 23 heavy (non-hydrogen) atoms. The number of methoxy groups -OCH3 is 1. The van der Waals surface area contributed by atoms with Crippen LogP contribution in [0.2, 0.25) is 0 Å². The number of aliphatic hydroxyl groups is 1. The Kier molecular flexibility index (Phi) is 6.67. The first-order chi connectivity index (χ1) is 11.1. The van der Waals surface area contributed by atoms with Gasteiger partial charge in [0.25, 0.3) is 5.91 Å². The maximum Gasteiger partial charge on any atom is 0.257 e. The van der Waals surface area contributed by atoms with E-state index in [1.165, 1.54) is 0 Å². The summed E-state index contributed by atoms with van der Waals surface area (Å²) in [5, 5.41) is 15.6. The molecule has 0 unspecified atom stereocenters. The van der Waals surface area contributed by atoms with Gasteiger partial charge in [0.2, 0.25) is 0 Å². The van der Waals surface area contributed by atoms with E-state index in [0.717, 1.165) is 37.8 Å². The smallest absolute Gasteiger partial charge is 0.257 e. The van der Waals surface area contributed by atoms with Crippen LogP contribution in [0, 0.1) is 0 Å². The summed E-state index contributed by atoms with van der Waals surface area (Å²) < 4.78 is 10.8. The molecule has 1 aliphatic carbocycles. The second-order valence-corrected chi connectivity index (χ2v) is 5.83. The number of nitrogens with one attached hydrogen (secondary N) is 2. The summed E-state index contributed by atoms with van der Waals surface area (Å²) in [6.07, 6.45) is 3.61. The van der Waals surface area contributed by atoms with Crippen molar-refractivity contribution in [3.05, 3.63) is 23.8 Å². The summed E-state index contributed by atoms with van der Waals surface area (Å²) in [6, 6.07) is 6.16. The highest BCUT2D eigenvalue weighted by Crippen LogP contribution is 2.28. The van der Waals surface area contributed by atoms with E-state index in [1.807, 2.05) is 18.2 Å². The molecule has 1 fully saturated rings. The van der Waals surface area contributed by atoms with Crippen molar-refractivity contribution in [1.29, 1.82) is 0 Å². The number of likely N-dealkylation sites (N-methyl/N-ethyl adjacent to an activating group) is 1. The second-order valence-electron chi connectivity index (χ2n) is 5.83. The number of carbonyl (C=O) groups is 1. The Morgan fingerprint density at radius 1 is 1.26 bits per heavy atom. The van der Waals surface area contributed by atoms with E-state index < -0.39 is 0 Å². The summed E-state index contributed by atoms with van der Waals surface area (Å²) in [6.45, 7) is 0.710. The molecule has 0 spiro atoms. The molecule has 0 atom stereocenters. The molecular weight excluding hydrogens is 296 g/mol. The molecular formula is C17H26N2O4. The molecule has 1 aliphatic rings. The topological polar surface area (TPSA) is 79.8 Å². The summed E-state index contributed by atoms with van der Waals surface area (Å²) in [7, 11) is 3.16. The first-order valence-corrected chi connectivity index (χ1v) is 8.04. The molecule has 0 heterocycles. The lowest BCUT2D eigenvalue weighted by Crippen LogP contribution is -2.34. The molecule has 1 amide bonds. The van der Waals surface area contributed by atoms with Gasteiger partial charge in [-0.25, -0.2) is 0 Å². The third-order valence-corrected chi connectivity index (χ3v) is 4.16. The standard InChI is InChI=1S/C17H26N2O4/c1-18-17(21)11-23-15-8-3-12(9-16(15)22-2)10-19-13-4-6-14(20)7-5-13/h3,8-9,13-14,19-20H,4-7,10-11H2,1-2H3,(H,18,21). The molecule has 0 saturated heterocycles. The maximum absolute atomic E-state index is 11.2. The van der Waals surface area contributed by atoms with Crippen LogP contribution in [0.3, 0.4) is 0 Å². The van der Waals surface area contributed by atoms with E-state index in [2.05, 4.69) is 10.6 Å². The lowest BCUT2D eigenvalue weighted by atomic mass is 9.93. The quantitative estimate of drug-likeness (QED) is 0.703. The van der Waals surface area contributed by atoms with Gasteiger partial charge in [-0.2, -0.15) is 0 Å². The van der Waals surface area contributed by atoms with Crippen LogP contribution in [0.25, 0.3) is 0 Å². The van der Waals surface area contributed by atoms with Crippen LogP contribution in [0.1, 0.15) is 31.2 Å². The minimum absolute atomic E-state index is 0.0329. The number of hydrogen-bond acceptors (Lipinski definition) is 5. The van der Waals surface area contributed by atoms with Crippen molar-refractivity contribution in [2.45, 2.75) is 44.4 Å². The Hall–Kier alpha value is -1.79. The van der Waals surface area contributed by atoms with Crippen LogP contribution in [-0.4, -0.2) is 43.9 Å². The van der Waals surface area contributed by atoms with Crippen molar-refractivity contribution in [2.24, 2.45) is 0 Å². The predicted octanol–water partition coefficient (Wildman–Crippen LogP) is 1.21. The zero-order valence-corrected chi connectivity index (χ0v) is 13.8. The fraction of sp³-hybridized carbons (Fsp3) is 0.588. The maximum atomic E-state index is 11.2. The molecule has 1 aromatic carbocycles. The first-order valence-electron chi connectivity index (χ1n) is 8.04. The van der Waals surface area contributed by atoms with Crippen molar-refractivity contribution in [3.63, 3.8) is 0 Å². The molecule has 0 aliphatic heterocycles. The molecule has 0 radical (unpaired) electrons. The lowest BCUT2D eigenvalue weighted by molar-refractivity contribution is -0.122. The van der Waals surface area contributed by atoms with Gasteiger partial charge in [-0.3, -0.25) is 4.79 Å². The van der Waals surface area contributed by atoms with E-state index in [-0.39, 0.29) is 18.6 Å². The normalized spacial score (nSPS) is 20.8. The van der Waals surface area contributed by atoms with Crippen molar-refractivity contribution in [3.8, 4) is 11.5 Å². The number of rotatable bonds is 7. The largest absolute Gasteiger partial charge is 0.493 e. The fourth-order valence-corrected chi connectivity index (χ4v) is 2.70. The summed E-state index contributed by atoms with van der Waals surface area (Å²) in [5.74, 6) is 0.991. The van der Waals surface area contributed by atoms with Crippen molar-refractivity contribution in [1.82, 2.24) is 10.6 Å². The highest BCUT2D eigenvalue weighted by molar-refractivity contribution is 5.77. The van der Waals surface area contributed by atoms with Crippen LogP contribution in [0.5, 0.6) is 11.5 Å². The molecule has 0 aromatic heterocycles. The number of benzene rings is 1. The molecule has 2 rings (SSSR count). The van der Waals surface area contributed by atoms with Crippen LogP contribution in [0.15, 0.2) is 18.2 Å². The fourth-order valence-electron chi connectivity index (χ4n) is 2.70. The van der Waals surface area contributed by atoms with Gasteiger partial charge in [0.05, 0.1) is 13.2 Å². The first kappa shape index (κ1) is 17.6. The van der Waals surface area contributed by atoms with Crippen molar-refractivity contribution >= 4 is 5.91 Å². The Bertz CT molecular complexity index is 513. The minimum atomic E-state index is -0.183. The molecule has 0 bridgehead atoms. The summed E-state index contributed by atoms with van der Waals surface area (Å²) in [5.41, 5.74) is 1.10. The lowest BCUT2D eigenvalue weighted by Gasteiger charge is -2.26. The van der Waals surface area contributed by atoms with E-state index >= 15 is 0 Å². The average molecular weight is 322 g/mol. The van der Waals surface area contributed by atoms with Crippen LogP contribution in [-0.2, 0) is 11.3 Å². The predicted molar refractivity (Wildman–Crippen MR) is 87.7 cm³/mol. The van der Waals surface area contributed by atoms with E-state index in [9.17, 15) is 9.90 Å². The van der Waals surface area contributed by atoms with Crippen molar-refractivity contribution in [2.75, 3.05) is 20.8 Å². The molecule has 6 heteroatoms. The molecule has 1 saturated carbocycles. The zero-order valence-electron chi connectivity index (χ0n) is 13.8. The summed E-state index contributed by atoms with van der Waals surface area (Å²) >= 11 is 0. The number of hydrogen-bond donors (Lipinski definition) is 3. The Morgan fingerprint density at radius 3 is 2.65 bits per heavy atom. The van der Waals surface area contributed by atoms with E-state index in [4.69, 9.17) is 9.47 Å². The highest BCUT2D eigenvalue weighted by Gasteiger charge is 2.18. The number of carbonyl (C=O) groups excluding carboxylic acids is 1. The molecule has 128 valence electrons. The van der Waals surface area contributed by atoms with Gasteiger partial charge in [-0.15, -0.1) is 0 Å². The number of amides is 1. The Balaban J connectivity index is 1.89. The third kappa shape index (κ3) is 5.41.